The third-order valence-electron chi connectivity index (χ3n) is 4.44. The van der Waals surface area contributed by atoms with Crippen LogP contribution in [0, 0.1) is 0 Å². The average Bonchev–Trinajstić information content (AvgIpc) is 3.08. The lowest BCUT2D eigenvalue weighted by Gasteiger charge is -2.36. The Morgan fingerprint density at radius 2 is 1.85 bits per heavy atom. The lowest BCUT2D eigenvalue weighted by Crippen LogP contribution is -2.53. The van der Waals surface area contributed by atoms with E-state index in [1.165, 1.54) is 10.4 Å². The summed E-state index contributed by atoms with van der Waals surface area (Å²) in [6.45, 7) is 3.41. The molecule has 0 aliphatic carbocycles. The van der Waals surface area contributed by atoms with E-state index >= 15 is 0 Å². The van der Waals surface area contributed by atoms with Crippen molar-refractivity contribution in [2.45, 2.75) is 17.2 Å². The molecule has 0 radical (unpaired) electrons. The van der Waals surface area contributed by atoms with E-state index in [0.717, 1.165) is 11.3 Å². The highest BCUT2D eigenvalue weighted by Crippen LogP contribution is 2.28. The second kappa shape index (κ2) is 8.46. The van der Waals surface area contributed by atoms with E-state index in [1.54, 1.807) is 30.3 Å². The molecular weight excluding hydrogens is 429 g/mol. The predicted molar refractivity (Wildman–Crippen MR) is 109 cm³/mol. The molecule has 146 valence electrons. The third kappa shape index (κ3) is 4.82. The molecule has 0 saturated carbocycles. The van der Waals surface area contributed by atoms with Crippen LogP contribution in [0.2, 0.25) is 9.36 Å². The molecule has 1 aromatic heterocycles. The first kappa shape index (κ1) is 20.6. The molecule has 1 N–H and O–H groups in total. The Kier molecular flexibility index (Phi) is 6.45. The highest BCUT2D eigenvalue weighted by molar-refractivity contribution is 7.91. The van der Waals surface area contributed by atoms with Crippen LogP contribution in [0.25, 0.3) is 0 Å². The summed E-state index contributed by atoms with van der Waals surface area (Å²) in [5, 5.41) is 3.39. The Hall–Kier alpha value is -1.16. The van der Waals surface area contributed by atoms with Crippen molar-refractivity contribution in [3.63, 3.8) is 0 Å². The molecule has 1 amide bonds. The van der Waals surface area contributed by atoms with Gasteiger partial charge < -0.3 is 5.32 Å². The molecule has 1 unspecified atom stereocenters. The average molecular weight is 448 g/mol. The minimum Gasteiger partial charge on any atom is -0.325 e. The number of amides is 1. The summed E-state index contributed by atoms with van der Waals surface area (Å²) in [5.41, 5.74) is 0.634. The van der Waals surface area contributed by atoms with Crippen molar-refractivity contribution >= 4 is 56.2 Å². The van der Waals surface area contributed by atoms with Gasteiger partial charge in [-0.25, -0.2) is 8.42 Å². The van der Waals surface area contributed by atoms with Gasteiger partial charge in [-0.3, -0.25) is 9.69 Å². The number of thiophene rings is 1. The van der Waals surface area contributed by atoms with E-state index in [9.17, 15) is 13.2 Å². The van der Waals surface area contributed by atoms with Crippen LogP contribution in [0.3, 0.4) is 0 Å². The minimum atomic E-state index is -3.54. The van der Waals surface area contributed by atoms with Crippen molar-refractivity contribution in [1.82, 2.24) is 9.21 Å². The minimum absolute atomic E-state index is 0.154. The van der Waals surface area contributed by atoms with Crippen LogP contribution in [-0.4, -0.2) is 55.8 Å². The lowest BCUT2D eigenvalue weighted by molar-refractivity contribution is -0.121. The number of hydrogen-bond donors (Lipinski definition) is 1. The maximum atomic E-state index is 12.7. The maximum Gasteiger partial charge on any atom is 0.252 e. The number of nitrogens with zero attached hydrogens (tertiary/aromatic N) is 2. The standard InChI is InChI=1S/C17H19Cl2N3O3S2/c1-12(17(23)20-14-4-2-3-13(18)11-14)21-7-9-22(10-8-21)27(24,25)16-6-5-15(19)26-16/h2-6,11-12H,7-10H2,1H3,(H,20,23). The van der Waals surface area contributed by atoms with Crippen molar-refractivity contribution in [2.24, 2.45) is 0 Å². The molecule has 1 atom stereocenters. The first-order valence-electron chi connectivity index (χ1n) is 8.33. The van der Waals surface area contributed by atoms with Crippen molar-refractivity contribution < 1.29 is 13.2 Å². The Morgan fingerprint density at radius 1 is 1.15 bits per heavy atom. The van der Waals surface area contributed by atoms with Gasteiger partial charge in [-0.1, -0.05) is 29.3 Å². The summed E-state index contributed by atoms with van der Waals surface area (Å²) in [7, 11) is -3.54. The Bertz CT molecular complexity index is 925. The molecule has 1 aliphatic rings. The zero-order valence-corrected chi connectivity index (χ0v) is 17.7. The molecule has 6 nitrogen and oxygen atoms in total. The van der Waals surface area contributed by atoms with Gasteiger partial charge in [-0.15, -0.1) is 11.3 Å². The first-order valence-corrected chi connectivity index (χ1v) is 11.3. The van der Waals surface area contributed by atoms with E-state index < -0.39 is 10.0 Å². The van der Waals surface area contributed by atoms with Crippen LogP contribution >= 0.6 is 34.5 Å². The molecule has 1 fully saturated rings. The highest BCUT2D eigenvalue weighted by Gasteiger charge is 2.32. The number of carbonyl (C=O) groups is 1. The van der Waals surface area contributed by atoms with Gasteiger partial charge in [0.15, 0.2) is 0 Å². The fourth-order valence-corrected chi connectivity index (χ4v) is 6.12. The van der Waals surface area contributed by atoms with Gasteiger partial charge in [0.25, 0.3) is 10.0 Å². The molecule has 2 aromatic rings. The number of rotatable bonds is 5. The van der Waals surface area contributed by atoms with Crippen LogP contribution in [0.1, 0.15) is 6.92 Å². The number of hydrogen-bond acceptors (Lipinski definition) is 5. The first-order chi connectivity index (χ1) is 12.8. The Balaban J connectivity index is 1.59. The Morgan fingerprint density at radius 3 is 2.44 bits per heavy atom. The number of halogens is 2. The van der Waals surface area contributed by atoms with Crippen LogP contribution in [0.15, 0.2) is 40.6 Å². The summed E-state index contributed by atoms with van der Waals surface area (Å²) in [6, 6.07) is 9.68. The number of piperazine rings is 1. The monoisotopic (exact) mass is 447 g/mol. The zero-order valence-electron chi connectivity index (χ0n) is 14.6. The zero-order chi connectivity index (χ0) is 19.6. The molecule has 0 bridgehead atoms. The van der Waals surface area contributed by atoms with Crippen LogP contribution in [0.5, 0.6) is 0 Å². The molecule has 1 saturated heterocycles. The molecule has 3 rings (SSSR count). The predicted octanol–water partition coefficient (Wildman–Crippen LogP) is 3.39. The smallest absolute Gasteiger partial charge is 0.252 e. The van der Waals surface area contributed by atoms with E-state index in [4.69, 9.17) is 23.2 Å². The van der Waals surface area contributed by atoms with Gasteiger partial charge in [-0.2, -0.15) is 4.31 Å². The fraction of sp³-hybridized carbons (Fsp3) is 0.353. The van der Waals surface area contributed by atoms with Crippen molar-refractivity contribution in [2.75, 3.05) is 31.5 Å². The molecule has 0 spiro atoms. The SMILES string of the molecule is CC(C(=O)Nc1cccc(Cl)c1)N1CCN(S(=O)(=O)c2ccc(Cl)s2)CC1. The van der Waals surface area contributed by atoms with E-state index in [-0.39, 0.29) is 16.2 Å². The summed E-state index contributed by atoms with van der Waals surface area (Å²) >= 11 is 12.8. The number of anilines is 1. The van der Waals surface area contributed by atoms with Gasteiger partial charge in [-0.05, 0) is 37.3 Å². The van der Waals surface area contributed by atoms with Gasteiger partial charge >= 0.3 is 0 Å². The van der Waals surface area contributed by atoms with E-state index in [1.807, 2.05) is 11.8 Å². The van der Waals surface area contributed by atoms with Crippen LogP contribution < -0.4 is 5.32 Å². The van der Waals surface area contributed by atoms with Crippen LogP contribution in [-0.2, 0) is 14.8 Å². The number of benzene rings is 1. The van der Waals surface area contributed by atoms with Gasteiger partial charge in [0.1, 0.15) is 4.21 Å². The number of sulfonamides is 1. The maximum absolute atomic E-state index is 12.7. The van der Waals surface area contributed by atoms with Crippen LogP contribution in [0.4, 0.5) is 5.69 Å². The molecule has 1 aliphatic heterocycles. The molecule has 1 aromatic carbocycles. The van der Waals surface area contributed by atoms with E-state index in [2.05, 4.69) is 5.32 Å². The van der Waals surface area contributed by atoms with Crippen molar-refractivity contribution in [1.29, 1.82) is 0 Å². The number of carbonyl (C=O) groups excluding carboxylic acids is 1. The summed E-state index contributed by atoms with van der Waals surface area (Å²) < 4.78 is 27.4. The quantitative estimate of drug-likeness (QED) is 0.762. The van der Waals surface area contributed by atoms with E-state index in [0.29, 0.717) is 41.2 Å². The molecule has 27 heavy (non-hydrogen) atoms. The number of nitrogens with one attached hydrogen (secondary N) is 1. The molecule has 10 heteroatoms. The summed E-state index contributed by atoms with van der Waals surface area (Å²) in [4.78, 5) is 14.5. The largest absolute Gasteiger partial charge is 0.325 e. The second-order valence-electron chi connectivity index (χ2n) is 6.17. The second-order valence-corrected chi connectivity index (χ2v) is 10.5. The summed E-state index contributed by atoms with van der Waals surface area (Å²) in [5.74, 6) is -0.154. The van der Waals surface area contributed by atoms with Gasteiger partial charge in [0, 0.05) is 36.9 Å². The highest BCUT2D eigenvalue weighted by atomic mass is 35.5. The Labute approximate surface area is 172 Å². The van der Waals surface area contributed by atoms with Gasteiger partial charge in [0.2, 0.25) is 5.91 Å². The van der Waals surface area contributed by atoms with Gasteiger partial charge in [0.05, 0.1) is 10.4 Å². The molecule has 2 heterocycles. The third-order valence-corrected chi connectivity index (χ3v) is 8.27. The van der Waals surface area contributed by atoms with Crippen molar-refractivity contribution in [3.05, 3.63) is 45.8 Å². The molecular formula is C17H19Cl2N3O3S2. The normalized spacial score (nSPS) is 17.6. The summed E-state index contributed by atoms with van der Waals surface area (Å²) in [6.07, 6.45) is 0. The lowest BCUT2D eigenvalue weighted by atomic mass is 10.2. The fourth-order valence-electron chi connectivity index (χ4n) is 2.87. The topological polar surface area (TPSA) is 69.7 Å². The van der Waals surface area contributed by atoms with Crippen molar-refractivity contribution in [3.8, 4) is 0 Å².